The van der Waals surface area contributed by atoms with Gasteiger partial charge in [-0.1, -0.05) is 19.1 Å². The van der Waals surface area contributed by atoms with Crippen molar-refractivity contribution >= 4 is 11.7 Å². The minimum atomic E-state index is 0.0490. The third-order valence-corrected chi connectivity index (χ3v) is 5.69. The molecule has 0 radical (unpaired) electrons. The number of carbonyl (C=O) groups excluding carboxylic acids is 1. The highest BCUT2D eigenvalue weighted by atomic mass is 16.2. The molecule has 0 aromatic heterocycles. The fourth-order valence-corrected chi connectivity index (χ4v) is 3.76. The van der Waals surface area contributed by atoms with Crippen LogP contribution < -0.4 is 5.32 Å². The largest absolute Gasteiger partial charge is 0.325 e. The van der Waals surface area contributed by atoms with Crippen LogP contribution in [0.3, 0.4) is 0 Å². The molecule has 0 unspecified atom stereocenters. The van der Waals surface area contributed by atoms with E-state index >= 15 is 0 Å². The summed E-state index contributed by atoms with van der Waals surface area (Å²) in [6.45, 7) is 9.80. The number of likely N-dealkylation sites (tertiary alicyclic amines) is 1. The van der Waals surface area contributed by atoms with Crippen molar-refractivity contribution in [2.24, 2.45) is 11.8 Å². The Hall–Kier alpha value is -1.55. The second-order valence-electron chi connectivity index (χ2n) is 7.86. The first-order valence-corrected chi connectivity index (χ1v) is 9.99. The minimum absolute atomic E-state index is 0.0490. The normalized spacial score (nSPS) is 18.6. The zero-order valence-electron chi connectivity index (χ0n) is 15.8. The summed E-state index contributed by atoms with van der Waals surface area (Å²) >= 11 is 0. The highest BCUT2D eigenvalue weighted by Crippen LogP contribution is 2.30. The number of anilines is 1. The molecule has 1 heterocycles. The van der Waals surface area contributed by atoms with Crippen molar-refractivity contribution in [1.29, 1.82) is 0 Å². The van der Waals surface area contributed by atoms with Crippen LogP contribution in [0.15, 0.2) is 24.3 Å². The number of hydrogen-bond acceptors (Lipinski definition) is 2. The van der Waals surface area contributed by atoms with Crippen molar-refractivity contribution in [3.8, 4) is 0 Å². The number of amides is 2. The van der Waals surface area contributed by atoms with E-state index < -0.39 is 0 Å². The SMILES string of the molecule is CCN(CCC1CCN(C(=O)Nc2cccc(C)c2)CC1)CC1CC1. The number of carbonyl (C=O) groups is 1. The summed E-state index contributed by atoms with van der Waals surface area (Å²) in [6.07, 6.45) is 6.44. The average molecular weight is 344 g/mol. The first-order chi connectivity index (χ1) is 12.1. The molecule has 1 aromatic rings. The number of hydrogen-bond donors (Lipinski definition) is 1. The van der Waals surface area contributed by atoms with Gasteiger partial charge in [0.2, 0.25) is 0 Å². The summed E-state index contributed by atoms with van der Waals surface area (Å²) in [5.74, 6) is 1.75. The number of benzene rings is 1. The molecule has 2 fully saturated rings. The van der Waals surface area contributed by atoms with Crippen LogP contribution in [0.25, 0.3) is 0 Å². The highest BCUT2D eigenvalue weighted by Gasteiger charge is 2.26. The highest BCUT2D eigenvalue weighted by molar-refractivity contribution is 5.89. The van der Waals surface area contributed by atoms with Crippen LogP contribution in [0.2, 0.25) is 0 Å². The van der Waals surface area contributed by atoms with Gasteiger partial charge in [-0.3, -0.25) is 0 Å². The van der Waals surface area contributed by atoms with Gasteiger partial charge in [-0.2, -0.15) is 0 Å². The number of piperidine rings is 1. The lowest BCUT2D eigenvalue weighted by Crippen LogP contribution is -2.41. The Bertz CT molecular complexity index is 562. The van der Waals surface area contributed by atoms with Gasteiger partial charge in [-0.15, -0.1) is 0 Å². The van der Waals surface area contributed by atoms with Crippen LogP contribution in [-0.4, -0.2) is 48.6 Å². The van der Waals surface area contributed by atoms with Gasteiger partial charge < -0.3 is 15.1 Å². The van der Waals surface area contributed by atoms with Crippen LogP contribution in [0, 0.1) is 18.8 Å². The van der Waals surface area contributed by atoms with Crippen LogP contribution >= 0.6 is 0 Å². The van der Waals surface area contributed by atoms with E-state index in [0.29, 0.717) is 0 Å². The van der Waals surface area contributed by atoms with Crippen molar-refractivity contribution < 1.29 is 4.79 Å². The fraction of sp³-hybridized carbons (Fsp3) is 0.667. The fourth-order valence-electron chi connectivity index (χ4n) is 3.76. The van der Waals surface area contributed by atoms with Gasteiger partial charge in [0.15, 0.2) is 0 Å². The molecule has 1 saturated heterocycles. The second kappa shape index (κ2) is 8.70. The Labute approximate surface area is 152 Å². The van der Waals surface area contributed by atoms with E-state index in [4.69, 9.17) is 0 Å². The third kappa shape index (κ3) is 5.74. The molecule has 1 aliphatic heterocycles. The van der Waals surface area contributed by atoms with Gasteiger partial charge in [0.25, 0.3) is 0 Å². The number of nitrogens with zero attached hydrogens (tertiary/aromatic N) is 2. The molecule has 25 heavy (non-hydrogen) atoms. The molecule has 1 N–H and O–H groups in total. The minimum Gasteiger partial charge on any atom is -0.325 e. The van der Waals surface area contributed by atoms with Crippen molar-refractivity contribution in [2.75, 3.05) is 38.0 Å². The average Bonchev–Trinajstić information content (AvgIpc) is 3.43. The predicted molar refractivity (Wildman–Crippen MR) is 104 cm³/mol. The van der Waals surface area contributed by atoms with Crippen molar-refractivity contribution in [3.05, 3.63) is 29.8 Å². The Balaban J connectivity index is 1.38. The molecule has 4 nitrogen and oxygen atoms in total. The summed E-state index contributed by atoms with van der Waals surface area (Å²) in [5.41, 5.74) is 2.06. The number of urea groups is 1. The van der Waals surface area contributed by atoms with E-state index in [2.05, 4.69) is 17.1 Å². The van der Waals surface area contributed by atoms with Crippen molar-refractivity contribution in [3.63, 3.8) is 0 Å². The lowest BCUT2D eigenvalue weighted by Gasteiger charge is -2.33. The van der Waals surface area contributed by atoms with Crippen LogP contribution in [0.1, 0.15) is 44.6 Å². The molecule has 0 bridgehead atoms. The molecule has 0 spiro atoms. The lowest BCUT2D eigenvalue weighted by atomic mass is 9.93. The molecule has 1 saturated carbocycles. The summed E-state index contributed by atoms with van der Waals surface area (Å²) in [5, 5.41) is 3.03. The zero-order chi connectivity index (χ0) is 17.6. The molecule has 1 aliphatic carbocycles. The van der Waals surface area contributed by atoms with Crippen LogP contribution in [-0.2, 0) is 0 Å². The van der Waals surface area contributed by atoms with E-state index in [1.54, 1.807) is 0 Å². The molecule has 2 amide bonds. The molecule has 2 aliphatic rings. The lowest BCUT2D eigenvalue weighted by molar-refractivity contribution is 0.170. The number of rotatable bonds is 7. The first kappa shape index (κ1) is 18.2. The Morgan fingerprint density at radius 1 is 1.20 bits per heavy atom. The Kier molecular flexibility index (Phi) is 6.35. The molecular formula is C21H33N3O. The van der Waals surface area contributed by atoms with Gasteiger partial charge in [0.1, 0.15) is 0 Å². The molecular weight excluding hydrogens is 310 g/mol. The van der Waals surface area contributed by atoms with E-state index in [0.717, 1.165) is 43.5 Å². The second-order valence-corrected chi connectivity index (χ2v) is 7.86. The van der Waals surface area contributed by atoms with Gasteiger partial charge >= 0.3 is 6.03 Å². The molecule has 3 rings (SSSR count). The Morgan fingerprint density at radius 2 is 1.96 bits per heavy atom. The predicted octanol–water partition coefficient (Wildman–Crippen LogP) is 4.36. The first-order valence-electron chi connectivity index (χ1n) is 9.99. The maximum atomic E-state index is 12.4. The zero-order valence-corrected chi connectivity index (χ0v) is 15.8. The molecule has 0 atom stereocenters. The monoisotopic (exact) mass is 343 g/mol. The summed E-state index contributed by atoms with van der Waals surface area (Å²) in [4.78, 5) is 17.0. The molecule has 1 aromatic carbocycles. The van der Waals surface area contributed by atoms with Crippen LogP contribution in [0.5, 0.6) is 0 Å². The summed E-state index contributed by atoms with van der Waals surface area (Å²) < 4.78 is 0. The Morgan fingerprint density at radius 3 is 2.60 bits per heavy atom. The van der Waals surface area contributed by atoms with Gasteiger partial charge in [-0.25, -0.2) is 4.79 Å². The van der Waals surface area contributed by atoms with Gasteiger partial charge in [0, 0.05) is 25.3 Å². The maximum absolute atomic E-state index is 12.4. The maximum Gasteiger partial charge on any atom is 0.321 e. The van der Waals surface area contributed by atoms with Crippen molar-refractivity contribution in [2.45, 2.75) is 46.0 Å². The van der Waals surface area contributed by atoms with Crippen molar-refractivity contribution in [1.82, 2.24) is 9.80 Å². The molecule has 4 heteroatoms. The van der Waals surface area contributed by atoms with Crippen LogP contribution in [0.4, 0.5) is 10.5 Å². The van der Waals surface area contributed by atoms with Gasteiger partial charge in [0.05, 0.1) is 0 Å². The standard InChI is InChI=1S/C21H33N3O/c1-3-23(16-19-7-8-19)12-9-18-10-13-24(14-11-18)21(25)22-20-6-4-5-17(2)15-20/h4-6,15,18-19H,3,7-14,16H2,1-2H3,(H,22,25). The third-order valence-electron chi connectivity index (χ3n) is 5.69. The summed E-state index contributed by atoms with van der Waals surface area (Å²) in [6, 6.07) is 8.05. The van der Waals surface area contributed by atoms with E-state index in [-0.39, 0.29) is 6.03 Å². The topological polar surface area (TPSA) is 35.6 Å². The molecule has 138 valence electrons. The smallest absolute Gasteiger partial charge is 0.321 e. The quantitative estimate of drug-likeness (QED) is 0.798. The van der Waals surface area contributed by atoms with E-state index in [9.17, 15) is 4.79 Å². The number of nitrogens with one attached hydrogen (secondary N) is 1. The summed E-state index contributed by atoms with van der Waals surface area (Å²) in [7, 11) is 0. The van der Waals surface area contributed by atoms with E-state index in [1.165, 1.54) is 44.5 Å². The van der Waals surface area contributed by atoms with Gasteiger partial charge in [-0.05, 0) is 81.6 Å². The van der Waals surface area contributed by atoms with E-state index in [1.807, 2.05) is 36.1 Å². The number of aryl methyl sites for hydroxylation is 1.